The number of halogens is 2. The van der Waals surface area contributed by atoms with Crippen molar-refractivity contribution in [3.8, 4) is 17.6 Å². The van der Waals surface area contributed by atoms with Gasteiger partial charge in [0.2, 0.25) is 5.91 Å². The van der Waals surface area contributed by atoms with Crippen LogP contribution in [0, 0.1) is 34.8 Å². The zero-order chi connectivity index (χ0) is 40.7. The zero-order valence-corrected chi connectivity index (χ0v) is 33.2. The van der Waals surface area contributed by atoms with E-state index in [0.29, 0.717) is 33.8 Å². The highest BCUT2D eigenvalue weighted by Crippen LogP contribution is 2.48. The van der Waals surface area contributed by atoms with Gasteiger partial charge in [-0.15, -0.1) is 0 Å². The predicted molar refractivity (Wildman–Crippen MR) is 217 cm³/mol. The fourth-order valence-corrected chi connectivity index (χ4v) is 8.86. The summed E-state index contributed by atoms with van der Waals surface area (Å²) in [4.78, 5) is 46.3. The normalized spacial score (nSPS) is 21.7. The first-order chi connectivity index (χ1) is 28.0. The molecule has 2 unspecified atom stereocenters. The first-order valence-corrected chi connectivity index (χ1v) is 20.3. The average Bonchev–Trinajstić information content (AvgIpc) is 3.70. The number of anilines is 2. The van der Waals surface area contributed by atoms with Crippen LogP contribution in [0.3, 0.4) is 0 Å². The SMILES string of the molecule is CCN(C)SNc1ccc(F)c(Oc2ccc3nc[nH]c(=O)c3c2)c1C#N.Cn1nc(N2CCC(=O)NC2=O)c2cc(F)c(C3CCC(N4CC5CC5C4)CC3)cc21. The van der Waals surface area contributed by atoms with Gasteiger partial charge in [0.1, 0.15) is 23.2 Å². The van der Waals surface area contributed by atoms with Crippen molar-refractivity contribution < 1.29 is 23.1 Å². The summed E-state index contributed by atoms with van der Waals surface area (Å²) in [6, 6.07) is 12.9. The monoisotopic (exact) mass is 810 g/mol. The van der Waals surface area contributed by atoms with Crippen molar-refractivity contribution in [3.63, 3.8) is 0 Å². The molecule has 4 heterocycles. The number of nitrogens with one attached hydrogen (secondary N) is 3. The number of rotatable bonds is 9. The Hall–Kier alpha value is -5.57. The number of H-pyrrole nitrogens is 1. The largest absolute Gasteiger partial charge is 0.453 e. The molecule has 3 aromatic carbocycles. The number of carbonyl (C=O) groups is 2. The number of ether oxygens (including phenoxy) is 1. The second kappa shape index (κ2) is 16.4. The number of benzene rings is 3. The Labute approximate surface area is 337 Å². The third-order valence-corrected chi connectivity index (χ3v) is 12.6. The maximum Gasteiger partial charge on any atom is 0.329 e. The van der Waals surface area contributed by atoms with Crippen LogP contribution < -0.4 is 25.2 Å². The van der Waals surface area contributed by atoms with Crippen molar-refractivity contribution in [2.75, 3.05) is 42.8 Å². The van der Waals surface area contributed by atoms with E-state index in [1.54, 1.807) is 16.8 Å². The summed E-state index contributed by atoms with van der Waals surface area (Å²) in [5, 5.41) is 17.2. The third kappa shape index (κ3) is 7.96. The van der Waals surface area contributed by atoms with E-state index in [1.807, 2.05) is 37.5 Å². The van der Waals surface area contributed by atoms with Crippen LogP contribution in [0.25, 0.3) is 21.8 Å². The molecule has 2 saturated carbocycles. The highest BCUT2D eigenvalue weighted by molar-refractivity contribution is 7.98. The second-order valence-corrected chi connectivity index (χ2v) is 16.4. The van der Waals surface area contributed by atoms with Crippen molar-refractivity contribution in [1.29, 1.82) is 5.26 Å². The van der Waals surface area contributed by atoms with Crippen LogP contribution in [0.4, 0.5) is 25.1 Å². The van der Waals surface area contributed by atoms with Gasteiger partial charge in [0.25, 0.3) is 5.56 Å². The van der Waals surface area contributed by atoms with Crippen LogP contribution in [-0.4, -0.2) is 80.2 Å². The van der Waals surface area contributed by atoms with Gasteiger partial charge in [0.05, 0.1) is 28.4 Å². The van der Waals surface area contributed by atoms with Crippen molar-refractivity contribution in [1.82, 2.24) is 34.3 Å². The van der Waals surface area contributed by atoms with Gasteiger partial charge in [-0.3, -0.25) is 29.4 Å². The van der Waals surface area contributed by atoms with Crippen LogP contribution in [0.1, 0.15) is 62.5 Å². The lowest BCUT2D eigenvalue weighted by Crippen LogP contribution is -2.49. The van der Waals surface area contributed by atoms with E-state index in [4.69, 9.17) is 4.74 Å². The number of amides is 3. The van der Waals surface area contributed by atoms with Gasteiger partial charge < -0.3 is 14.4 Å². The number of nitriles is 1. The Morgan fingerprint density at radius 3 is 2.53 bits per heavy atom. The Balaban J connectivity index is 0.000000164. The molecule has 2 aliphatic carbocycles. The van der Waals surface area contributed by atoms with Gasteiger partial charge in [-0.2, -0.15) is 10.4 Å². The van der Waals surface area contributed by atoms with Crippen molar-refractivity contribution >= 4 is 57.4 Å². The summed E-state index contributed by atoms with van der Waals surface area (Å²) in [5.41, 5.74) is 2.20. The Morgan fingerprint density at radius 2 is 1.81 bits per heavy atom. The van der Waals surface area contributed by atoms with E-state index in [-0.39, 0.29) is 53.2 Å². The molecule has 0 spiro atoms. The molecule has 0 bridgehead atoms. The van der Waals surface area contributed by atoms with Gasteiger partial charge in [-0.1, -0.05) is 6.92 Å². The van der Waals surface area contributed by atoms with Crippen LogP contribution in [0.2, 0.25) is 0 Å². The van der Waals surface area contributed by atoms with E-state index < -0.39 is 11.8 Å². The lowest BCUT2D eigenvalue weighted by Gasteiger charge is -2.35. The molecule has 9 rings (SSSR count). The van der Waals surface area contributed by atoms with E-state index in [1.165, 1.54) is 67.1 Å². The van der Waals surface area contributed by atoms with E-state index in [2.05, 4.69) is 30.0 Å². The fourth-order valence-electron chi connectivity index (χ4n) is 8.31. The number of imide groups is 1. The van der Waals surface area contributed by atoms with Crippen molar-refractivity contribution in [2.24, 2.45) is 18.9 Å². The molecule has 2 aliphatic heterocycles. The smallest absolute Gasteiger partial charge is 0.329 e. The minimum Gasteiger partial charge on any atom is -0.453 e. The molecule has 302 valence electrons. The van der Waals surface area contributed by atoms with Gasteiger partial charge in [-0.05, 0) is 105 Å². The molecule has 0 radical (unpaired) electrons. The minimum absolute atomic E-state index is 0.0344. The minimum atomic E-state index is -0.675. The quantitative estimate of drug-likeness (QED) is 0.134. The zero-order valence-electron chi connectivity index (χ0n) is 32.4. The maximum absolute atomic E-state index is 15.3. The Bertz CT molecular complexity index is 2490. The molecule has 2 aromatic heterocycles. The van der Waals surface area contributed by atoms with E-state index in [9.17, 15) is 24.0 Å². The predicted octanol–water partition coefficient (Wildman–Crippen LogP) is 6.79. The number of aryl methyl sites for hydroxylation is 1. The first-order valence-electron chi connectivity index (χ1n) is 19.5. The first kappa shape index (κ1) is 39.3. The molecule has 2 saturated heterocycles. The Morgan fingerprint density at radius 1 is 1.03 bits per heavy atom. The van der Waals surface area contributed by atoms with Gasteiger partial charge in [0.15, 0.2) is 17.4 Å². The van der Waals surface area contributed by atoms with Crippen molar-refractivity contribution in [2.45, 2.75) is 57.4 Å². The summed E-state index contributed by atoms with van der Waals surface area (Å²) < 4.78 is 41.9. The van der Waals surface area contributed by atoms with Crippen LogP contribution in [-0.2, 0) is 11.8 Å². The van der Waals surface area contributed by atoms with Crippen LogP contribution >= 0.6 is 12.1 Å². The number of hydrogen-bond acceptors (Lipinski definition) is 11. The summed E-state index contributed by atoms with van der Waals surface area (Å²) in [6.45, 7) is 5.56. The number of aromatic amines is 1. The Kier molecular flexibility index (Phi) is 11.1. The lowest BCUT2D eigenvalue weighted by molar-refractivity contribution is -0.120. The summed E-state index contributed by atoms with van der Waals surface area (Å²) in [6.07, 6.45) is 7.25. The van der Waals surface area contributed by atoms with Crippen LogP contribution in [0.15, 0.2) is 53.6 Å². The summed E-state index contributed by atoms with van der Waals surface area (Å²) >= 11 is 1.28. The highest BCUT2D eigenvalue weighted by atomic mass is 32.2. The van der Waals surface area contributed by atoms with Gasteiger partial charge in [0, 0.05) is 63.2 Å². The van der Waals surface area contributed by atoms with Crippen molar-refractivity contribution in [3.05, 3.63) is 81.9 Å². The van der Waals surface area contributed by atoms with Crippen LogP contribution in [0.5, 0.6) is 11.5 Å². The molecule has 58 heavy (non-hydrogen) atoms. The standard InChI is InChI=1S/C23H28FN5O2.C18H16FN5O2S/c1-27-20-10-17(13-2-4-16(5-3-13)28-11-14-8-15(14)12-28)19(24)9-18(20)22(26-27)29-7-6-21(30)25-23(29)31;1-3-24(2)27-23-16-7-5-14(19)17(13(16)9-20)26-11-4-6-15-12(8-11)18(25)22-10-21-15/h9-10,13-16H,2-8,11-12H2,1H3,(H,25,30,31);4-8,10,23H,3H2,1-2H3,(H,21,22,25). The summed E-state index contributed by atoms with van der Waals surface area (Å²) in [5.74, 6) is 1.38. The molecule has 5 aromatic rings. The molecule has 3 N–H and O–H groups in total. The number of hydrogen-bond donors (Lipinski definition) is 3. The number of carbonyl (C=O) groups excluding carboxylic acids is 2. The number of likely N-dealkylation sites (tertiary alicyclic amines) is 1. The lowest BCUT2D eigenvalue weighted by atomic mass is 9.80. The van der Waals surface area contributed by atoms with E-state index >= 15 is 4.39 Å². The molecule has 4 fully saturated rings. The highest BCUT2D eigenvalue weighted by Gasteiger charge is 2.47. The topological polar surface area (TPSA) is 165 Å². The fraction of sp³-hybridized carbons (Fsp3) is 0.415. The third-order valence-electron chi connectivity index (χ3n) is 11.7. The molecular weight excluding hydrogens is 767 g/mol. The number of urea groups is 1. The average molecular weight is 811 g/mol. The summed E-state index contributed by atoms with van der Waals surface area (Å²) in [7, 11) is 3.70. The number of nitrogens with zero attached hydrogens (tertiary/aromatic N) is 7. The molecule has 4 aliphatic rings. The molecule has 2 atom stereocenters. The van der Waals surface area contributed by atoms with E-state index in [0.717, 1.165) is 55.1 Å². The number of piperidine rings is 1. The number of fused-ring (bicyclic) bond motifs is 3. The number of aromatic nitrogens is 4. The molecular formula is C41H44F2N10O4S. The van der Waals surface area contributed by atoms with Gasteiger partial charge >= 0.3 is 6.03 Å². The second-order valence-electron chi connectivity index (χ2n) is 15.4. The molecule has 14 nitrogen and oxygen atoms in total. The van der Waals surface area contributed by atoms with Gasteiger partial charge in [-0.25, -0.2) is 22.9 Å². The maximum atomic E-state index is 15.3. The molecule has 17 heteroatoms. The molecule has 3 amide bonds.